The molecule has 144 valence electrons. The molecule has 0 aliphatic heterocycles. The van der Waals surface area contributed by atoms with Crippen molar-refractivity contribution in [3.63, 3.8) is 0 Å². The molecule has 0 aliphatic carbocycles. The van der Waals surface area contributed by atoms with Crippen molar-refractivity contribution in [2.75, 3.05) is 13.7 Å². The summed E-state index contributed by atoms with van der Waals surface area (Å²) in [5, 5.41) is 0. The van der Waals surface area contributed by atoms with Crippen LogP contribution in [0.1, 0.15) is 11.1 Å². The van der Waals surface area contributed by atoms with Crippen molar-refractivity contribution in [1.29, 1.82) is 0 Å². The molecule has 28 heavy (non-hydrogen) atoms. The fraction of sp³-hybridized carbons (Fsp3) is 0.174. The van der Waals surface area contributed by atoms with Gasteiger partial charge in [-0.2, -0.15) is 0 Å². The first-order chi connectivity index (χ1) is 13.6. The monoisotopic (exact) mass is 394 g/mol. The highest BCUT2D eigenvalue weighted by molar-refractivity contribution is 7.98. The Morgan fingerprint density at radius 2 is 1.64 bits per heavy atom. The average molecular weight is 394 g/mol. The van der Waals surface area contributed by atoms with Gasteiger partial charge < -0.3 is 14.2 Å². The number of ether oxygens (including phenoxy) is 3. The largest absolute Gasteiger partial charge is 0.482 e. The number of methoxy groups -OCH3 is 1. The zero-order valence-electron chi connectivity index (χ0n) is 15.9. The number of thioether (sulfide) groups is 1. The first-order valence-corrected chi connectivity index (χ1v) is 9.87. The quantitative estimate of drug-likeness (QED) is 0.366. The second kappa shape index (κ2) is 9.85. The number of carbonyl (C=O) groups excluding carboxylic acids is 1. The molecule has 0 aromatic heterocycles. The number of benzene rings is 3. The first kappa shape index (κ1) is 19.8. The lowest BCUT2D eigenvalue weighted by molar-refractivity contribution is -0.142. The lowest BCUT2D eigenvalue weighted by Gasteiger charge is -2.10. The molecule has 0 spiro atoms. The molecule has 0 radical (unpaired) electrons. The average Bonchev–Trinajstić information content (AvgIpc) is 2.73. The predicted octanol–water partition coefficient (Wildman–Crippen LogP) is 5.63. The Morgan fingerprint density at radius 3 is 2.32 bits per heavy atom. The third-order valence-electron chi connectivity index (χ3n) is 4.03. The number of hydrogen-bond donors (Lipinski definition) is 0. The van der Waals surface area contributed by atoms with E-state index < -0.39 is 5.97 Å². The minimum absolute atomic E-state index is 0.0821. The third kappa shape index (κ3) is 5.79. The van der Waals surface area contributed by atoms with Crippen LogP contribution in [0.5, 0.6) is 17.2 Å². The van der Waals surface area contributed by atoms with Crippen LogP contribution in [0.2, 0.25) is 0 Å². The summed E-state index contributed by atoms with van der Waals surface area (Å²) in [6.07, 6.45) is 0. The van der Waals surface area contributed by atoms with Gasteiger partial charge in [0.05, 0.1) is 7.11 Å². The van der Waals surface area contributed by atoms with E-state index in [0.29, 0.717) is 5.75 Å². The van der Waals surface area contributed by atoms with Gasteiger partial charge in [-0.15, -0.1) is 11.8 Å². The molecule has 0 unspecified atom stereocenters. The molecule has 3 aromatic carbocycles. The smallest absolute Gasteiger partial charge is 0.343 e. The Hall–Kier alpha value is -2.92. The summed E-state index contributed by atoms with van der Waals surface area (Å²) in [6.45, 7) is 1.88. The molecule has 0 N–H and O–H groups in total. The van der Waals surface area contributed by atoms with Gasteiger partial charge in [0.1, 0.15) is 17.2 Å². The van der Waals surface area contributed by atoms with Crippen molar-refractivity contribution in [2.45, 2.75) is 17.6 Å². The summed E-state index contributed by atoms with van der Waals surface area (Å²) in [5.41, 5.74) is 2.20. The van der Waals surface area contributed by atoms with Gasteiger partial charge in [0, 0.05) is 10.6 Å². The van der Waals surface area contributed by atoms with E-state index in [1.807, 2.05) is 61.5 Å². The van der Waals surface area contributed by atoms with E-state index >= 15 is 0 Å². The van der Waals surface area contributed by atoms with Crippen molar-refractivity contribution < 1.29 is 19.0 Å². The molecule has 5 heteroatoms. The van der Waals surface area contributed by atoms with Crippen molar-refractivity contribution in [2.24, 2.45) is 0 Å². The minimum Gasteiger partial charge on any atom is -0.482 e. The maximum Gasteiger partial charge on any atom is 0.343 e. The number of hydrogen-bond acceptors (Lipinski definition) is 5. The molecule has 3 aromatic rings. The van der Waals surface area contributed by atoms with Crippen LogP contribution >= 0.6 is 11.8 Å². The summed E-state index contributed by atoms with van der Waals surface area (Å²) >= 11 is 1.75. The van der Waals surface area contributed by atoms with Crippen LogP contribution in [0.4, 0.5) is 0 Å². The van der Waals surface area contributed by atoms with E-state index in [-0.39, 0.29) is 6.61 Å². The van der Waals surface area contributed by atoms with E-state index in [0.717, 1.165) is 27.7 Å². The van der Waals surface area contributed by atoms with Crippen LogP contribution in [0, 0.1) is 6.92 Å². The summed E-state index contributed by atoms with van der Waals surface area (Å²) in [6, 6.07) is 23.8. The van der Waals surface area contributed by atoms with E-state index in [9.17, 15) is 4.79 Å². The predicted molar refractivity (Wildman–Crippen MR) is 111 cm³/mol. The number of aryl methyl sites for hydroxylation is 1. The Bertz CT molecular complexity index is 908. The molecule has 0 atom stereocenters. The van der Waals surface area contributed by atoms with Gasteiger partial charge in [-0.25, -0.2) is 4.79 Å². The molecular formula is C23H22O4S. The van der Waals surface area contributed by atoms with Crippen LogP contribution < -0.4 is 9.47 Å². The van der Waals surface area contributed by atoms with Crippen LogP contribution in [0.15, 0.2) is 77.7 Å². The van der Waals surface area contributed by atoms with Crippen molar-refractivity contribution in [1.82, 2.24) is 0 Å². The van der Waals surface area contributed by atoms with Gasteiger partial charge in [0.25, 0.3) is 0 Å². The molecule has 0 amide bonds. The minimum atomic E-state index is -0.391. The summed E-state index contributed by atoms with van der Waals surface area (Å²) in [5.74, 6) is 2.81. The summed E-state index contributed by atoms with van der Waals surface area (Å²) < 4.78 is 15.9. The van der Waals surface area contributed by atoms with Crippen LogP contribution in [0.3, 0.4) is 0 Å². The van der Waals surface area contributed by atoms with E-state index in [2.05, 4.69) is 22.9 Å². The molecule has 0 fully saturated rings. The van der Waals surface area contributed by atoms with E-state index in [4.69, 9.17) is 9.47 Å². The van der Waals surface area contributed by atoms with Crippen molar-refractivity contribution in [3.8, 4) is 17.2 Å². The lowest BCUT2D eigenvalue weighted by Crippen LogP contribution is -2.12. The molecule has 4 nitrogen and oxygen atoms in total. The highest BCUT2D eigenvalue weighted by Crippen LogP contribution is 2.29. The van der Waals surface area contributed by atoms with Gasteiger partial charge in [-0.3, -0.25) is 0 Å². The third-order valence-corrected chi connectivity index (χ3v) is 5.09. The SMILES string of the molecule is COC(=O)COc1ccc(SCc2ccc(Oc3ccccc3)cc2)cc1C. The van der Waals surface area contributed by atoms with E-state index in [1.54, 1.807) is 11.8 Å². The maximum atomic E-state index is 11.2. The van der Waals surface area contributed by atoms with Crippen LogP contribution in [-0.2, 0) is 15.3 Å². The van der Waals surface area contributed by atoms with Gasteiger partial charge >= 0.3 is 5.97 Å². The Labute approximate surface area is 169 Å². The lowest BCUT2D eigenvalue weighted by atomic mass is 10.2. The summed E-state index contributed by atoms with van der Waals surface area (Å²) in [4.78, 5) is 12.3. The molecule has 0 bridgehead atoms. The van der Waals surface area contributed by atoms with Gasteiger partial charge in [0.2, 0.25) is 0 Å². The van der Waals surface area contributed by atoms with Gasteiger partial charge in [0.15, 0.2) is 6.61 Å². The fourth-order valence-corrected chi connectivity index (χ4v) is 3.46. The van der Waals surface area contributed by atoms with Crippen LogP contribution in [-0.4, -0.2) is 19.7 Å². The molecule has 0 heterocycles. The summed E-state index contributed by atoms with van der Waals surface area (Å²) in [7, 11) is 1.35. The molecule has 0 aliphatic rings. The Morgan fingerprint density at radius 1 is 0.929 bits per heavy atom. The standard InChI is InChI=1S/C23H22O4S/c1-17-14-21(12-13-22(17)26-15-23(24)25-2)28-16-18-8-10-20(11-9-18)27-19-6-4-3-5-7-19/h3-14H,15-16H2,1-2H3. The molecule has 3 rings (SSSR count). The van der Waals surface area contributed by atoms with Crippen LogP contribution in [0.25, 0.3) is 0 Å². The van der Waals surface area contributed by atoms with Crippen molar-refractivity contribution in [3.05, 3.63) is 83.9 Å². The number of carbonyl (C=O) groups is 1. The normalized spacial score (nSPS) is 10.4. The highest BCUT2D eigenvalue weighted by atomic mass is 32.2. The van der Waals surface area contributed by atoms with Crippen molar-refractivity contribution >= 4 is 17.7 Å². The second-order valence-corrected chi connectivity index (χ2v) is 7.19. The Balaban J connectivity index is 1.53. The fourth-order valence-electron chi connectivity index (χ4n) is 2.51. The van der Waals surface area contributed by atoms with E-state index in [1.165, 1.54) is 12.7 Å². The van der Waals surface area contributed by atoms with Gasteiger partial charge in [-0.05, 0) is 60.5 Å². The molecule has 0 saturated heterocycles. The Kier molecular flexibility index (Phi) is 6.98. The molecular weight excluding hydrogens is 372 g/mol. The second-order valence-electron chi connectivity index (χ2n) is 6.14. The number of esters is 1. The zero-order valence-corrected chi connectivity index (χ0v) is 16.7. The number of rotatable bonds is 8. The van der Waals surface area contributed by atoms with Gasteiger partial charge in [-0.1, -0.05) is 30.3 Å². The number of para-hydroxylation sites is 1. The zero-order chi connectivity index (χ0) is 19.8. The maximum absolute atomic E-state index is 11.2. The highest BCUT2D eigenvalue weighted by Gasteiger charge is 2.06. The topological polar surface area (TPSA) is 44.8 Å². The first-order valence-electron chi connectivity index (χ1n) is 8.89. The molecule has 0 saturated carbocycles.